The summed E-state index contributed by atoms with van der Waals surface area (Å²) in [6.45, 7) is 2.30. The summed E-state index contributed by atoms with van der Waals surface area (Å²) >= 11 is 0. The SMILES string of the molecule is Cc1ccccc1CS(=O)(=O)NCC1(CO)CC1. The van der Waals surface area contributed by atoms with Gasteiger partial charge in [-0.25, -0.2) is 13.1 Å². The van der Waals surface area contributed by atoms with Gasteiger partial charge in [-0.2, -0.15) is 0 Å². The van der Waals surface area contributed by atoms with E-state index in [2.05, 4.69) is 4.72 Å². The van der Waals surface area contributed by atoms with Crippen LogP contribution in [-0.4, -0.2) is 26.7 Å². The van der Waals surface area contributed by atoms with E-state index in [-0.39, 0.29) is 17.8 Å². The van der Waals surface area contributed by atoms with Crippen molar-refractivity contribution >= 4 is 10.0 Å². The first-order valence-electron chi connectivity index (χ1n) is 6.09. The highest BCUT2D eigenvalue weighted by atomic mass is 32.2. The molecule has 1 aliphatic carbocycles. The number of sulfonamides is 1. The Morgan fingerprint density at radius 1 is 1.33 bits per heavy atom. The van der Waals surface area contributed by atoms with Gasteiger partial charge in [0.2, 0.25) is 10.0 Å². The molecule has 0 saturated heterocycles. The van der Waals surface area contributed by atoms with Crippen LogP contribution in [0.2, 0.25) is 0 Å². The number of hydrogen-bond acceptors (Lipinski definition) is 3. The van der Waals surface area contributed by atoms with E-state index in [9.17, 15) is 8.42 Å². The van der Waals surface area contributed by atoms with Gasteiger partial charge >= 0.3 is 0 Å². The largest absolute Gasteiger partial charge is 0.396 e. The van der Waals surface area contributed by atoms with E-state index < -0.39 is 10.0 Å². The van der Waals surface area contributed by atoms with Crippen molar-refractivity contribution in [2.45, 2.75) is 25.5 Å². The monoisotopic (exact) mass is 269 g/mol. The van der Waals surface area contributed by atoms with E-state index in [1.807, 2.05) is 31.2 Å². The molecule has 18 heavy (non-hydrogen) atoms. The van der Waals surface area contributed by atoms with Crippen LogP contribution >= 0.6 is 0 Å². The minimum atomic E-state index is -3.32. The molecule has 0 unspecified atom stereocenters. The van der Waals surface area contributed by atoms with Crippen molar-refractivity contribution < 1.29 is 13.5 Å². The summed E-state index contributed by atoms with van der Waals surface area (Å²) in [5.41, 5.74) is 1.60. The minimum Gasteiger partial charge on any atom is -0.396 e. The van der Waals surface area contributed by atoms with Crippen LogP contribution in [0, 0.1) is 12.3 Å². The predicted octanol–water partition coefficient (Wildman–Crippen LogP) is 1.19. The molecule has 100 valence electrons. The van der Waals surface area contributed by atoms with Gasteiger partial charge < -0.3 is 5.11 Å². The van der Waals surface area contributed by atoms with Gasteiger partial charge in [-0.15, -0.1) is 0 Å². The van der Waals surface area contributed by atoms with Gasteiger partial charge in [0.25, 0.3) is 0 Å². The van der Waals surface area contributed by atoms with Crippen LogP contribution in [0.3, 0.4) is 0 Å². The lowest BCUT2D eigenvalue weighted by molar-refractivity contribution is 0.213. The highest BCUT2D eigenvalue weighted by Gasteiger charge is 2.42. The van der Waals surface area contributed by atoms with Gasteiger partial charge in [0.15, 0.2) is 0 Å². The Morgan fingerprint density at radius 2 is 2.00 bits per heavy atom. The van der Waals surface area contributed by atoms with Crippen molar-refractivity contribution in [1.29, 1.82) is 0 Å². The third-order valence-electron chi connectivity index (χ3n) is 3.57. The van der Waals surface area contributed by atoms with Crippen LogP contribution in [0.25, 0.3) is 0 Å². The number of aliphatic hydroxyl groups excluding tert-OH is 1. The van der Waals surface area contributed by atoms with Crippen molar-refractivity contribution in [2.24, 2.45) is 5.41 Å². The highest BCUT2D eigenvalue weighted by Crippen LogP contribution is 2.44. The molecule has 0 aliphatic heterocycles. The molecule has 1 fully saturated rings. The zero-order valence-corrected chi connectivity index (χ0v) is 11.3. The Hall–Kier alpha value is -0.910. The van der Waals surface area contributed by atoms with Gasteiger partial charge in [0.1, 0.15) is 0 Å². The minimum absolute atomic E-state index is 0.00117. The fraction of sp³-hybridized carbons (Fsp3) is 0.538. The van der Waals surface area contributed by atoms with E-state index in [4.69, 9.17) is 5.11 Å². The lowest BCUT2D eigenvalue weighted by Gasteiger charge is -2.13. The normalized spacial score (nSPS) is 17.7. The summed E-state index contributed by atoms with van der Waals surface area (Å²) in [6.07, 6.45) is 1.80. The second kappa shape index (κ2) is 4.99. The summed E-state index contributed by atoms with van der Waals surface area (Å²) in [5, 5.41) is 9.15. The molecule has 1 saturated carbocycles. The van der Waals surface area contributed by atoms with Gasteiger partial charge in [-0.1, -0.05) is 24.3 Å². The van der Waals surface area contributed by atoms with Crippen LogP contribution in [0.15, 0.2) is 24.3 Å². The molecule has 1 aromatic carbocycles. The van der Waals surface area contributed by atoms with Gasteiger partial charge in [0.05, 0.1) is 5.75 Å². The molecule has 1 aromatic rings. The van der Waals surface area contributed by atoms with Crippen LogP contribution < -0.4 is 4.72 Å². The van der Waals surface area contributed by atoms with Crippen LogP contribution in [0.5, 0.6) is 0 Å². The Morgan fingerprint density at radius 3 is 2.56 bits per heavy atom. The molecule has 0 amide bonds. The zero-order valence-electron chi connectivity index (χ0n) is 10.5. The Labute approximate surface area is 108 Å². The molecule has 5 heteroatoms. The number of hydrogen-bond donors (Lipinski definition) is 2. The highest BCUT2D eigenvalue weighted by molar-refractivity contribution is 7.88. The molecule has 0 heterocycles. The summed E-state index contributed by atoms with van der Waals surface area (Å²) in [6, 6.07) is 7.46. The number of nitrogens with one attached hydrogen (secondary N) is 1. The van der Waals surface area contributed by atoms with Crippen molar-refractivity contribution in [3.63, 3.8) is 0 Å². The second-order valence-corrected chi connectivity index (χ2v) is 6.97. The molecule has 2 rings (SSSR count). The van der Waals surface area contributed by atoms with E-state index in [0.717, 1.165) is 24.0 Å². The predicted molar refractivity (Wildman–Crippen MR) is 70.6 cm³/mol. The summed E-state index contributed by atoms with van der Waals surface area (Å²) < 4.78 is 26.5. The quantitative estimate of drug-likeness (QED) is 0.815. The summed E-state index contributed by atoms with van der Waals surface area (Å²) in [5.74, 6) is 0.00117. The number of aliphatic hydroxyl groups is 1. The number of benzene rings is 1. The molecule has 1 aliphatic rings. The Balaban J connectivity index is 1.98. The Kier molecular flexibility index (Phi) is 3.75. The fourth-order valence-electron chi connectivity index (χ4n) is 1.86. The number of rotatable bonds is 6. The molecule has 0 bridgehead atoms. The maximum absolute atomic E-state index is 11.9. The van der Waals surface area contributed by atoms with E-state index >= 15 is 0 Å². The molecule has 4 nitrogen and oxygen atoms in total. The van der Waals surface area contributed by atoms with Crippen LogP contribution in [-0.2, 0) is 15.8 Å². The third-order valence-corrected chi connectivity index (χ3v) is 4.84. The second-order valence-electron chi connectivity index (χ2n) is 5.16. The van der Waals surface area contributed by atoms with E-state index in [0.29, 0.717) is 6.54 Å². The average Bonchev–Trinajstić information content (AvgIpc) is 3.11. The molecule has 0 atom stereocenters. The topological polar surface area (TPSA) is 66.4 Å². The Bertz CT molecular complexity index is 521. The van der Waals surface area contributed by atoms with E-state index in [1.165, 1.54) is 0 Å². The summed E-state index contributed by atoms with van der Waals surface area (Å²) in [7, 11) is -3.32. The maximum atomic E-state index is 11.9. The first-order valence-corrected chi connectivity index (χ1v) is 7.74. The van der Waals surface area contributed by atoms with Crippen LogP contribution in [0.4, 0.5) is 0 Å². The van der Waals surface area contributed by atoms with Crippen molar-refractivity contribution in [3.8, 4) is 0 Å². The van der Waals surface area contributed by atoms with Crippen molar-refractivity contribution in [1.82, 2.24) is 4.72 Å². The molecule has 0 aromatic heterocycles. The molecular weight excluding hydrogens is 250 g/mol. The average molecular weight is 269 g/mol. The third kappa shape index (κ3) is 3.31. The first-order chi connectivity index (χ1) is 8.46. The van der Waals surface area contributed by atoms with Crippen LogP contribution in [0.1, 0.15) is 24.0 Å². The molecule has 2 N–H and O–H groups in total. The summed E-state index contributed by atoms with van der Waals surface area (Å²) in [4.78, 5) is 0. The van der Waals surface area contributed by atoms with Gasteiger partial charge in [0, 0.05) is 18.6 Å². The fourth-order valence-corrected chi connectivity index (χ4v) is 3.22. The van der Waals surface area contributed by atoms with E-state index in [1.54, 1.807) is 0 Å². The molecule has 0 radical (unpaired) electrons. The van der Waals surface area contributed by atoms with Gasteiger partial charge in [-0.3, -0.25) is 0 Å². The lowest BCUT2D eigenvalue weighted by atomic mass is 10.1. The van der Waals surface area contributed by atoms with Gasteiger partial charge in [-0.05, 0) is 30.9 Å². The maximum Gasteiger partial charge on any atom is 0.215 e. The standard InChI is InChI=1S/C13H19NO3S/c1-11-4-2-3-5-12(11)8-18(16,17)14-9-13(10-15)6-7-13/h2-5,14-15H,6-10H2,1H3. The van der Waals surface area contributed by atoms with Crippen molar-refractivity contribution in [2.75, 3.05) is 13.2 Å². The smallest absolute Gasteiger partial charge is 0.215 e. The first kappa shape index (κ1) is 13.5. The molecule has 0 spiro atoms. The van der Waals surface area contributed by atoms with Crippen molar-refractivity contribution in [3.05, 3.63) is 35.4 Å². The number of aryl methyl sites for hydroxylation is 1. The lowest BCUT2D eigenvalue weighted by Crippen LogP contribution is -2.32. The molecular formula is C13H19NO3S. The zero-order chi connectivity index (χ0) is 13.2.